The van der Waals surface area contributed by atoms with Crippen molar-refractivity contribution in [1.82, 2.24) is 0 Å². The van der Waals surface area contributed by atoms with Crippen molar-refractivity contribution in [2.24, 2.45) is 5.11 Å². The number of hydrogen-bond donors (Lipinski definition) is 0. The number of esters is 2. The number of carbonyl (C=O) groups excluding carboxylic acids is 2. The summed E-state index contributed by atoms with van der Waals surface area (Å²) in [5.74, 6) is -1.66. The third kappa shape index (κ3) is 8.42. The smallest absolute Gasteiger partial charge is 0.334 e. The second-order valence-electron chi connectivity index (χ2n) is 8.38. The van der Waals surface area contributed by atoms with Crippen LogP contribution in [0.25, 0.3) is 10.4 Å². The van der Waals surface area contributed by atoms with Gasteiger partial charge in [-0.15, -0.1) is 11.6 Å². The Bertz CT molecular complexity index is 1070. The van der Waals surface area contributed by atoms with E-state index in [9.17, 15) is 15.1 Å². The fourth-order valence-corrected chi connectivity index (χ4v) is 3.96. The minimum absolute atomic E-state index is 0.154. The molecule has 204 valence electrons. The Hall–Kier alpha value is -3.18. The van der Waals surface area contributed by atoms with E-state index in [4.69, 9.17) is 40.0 Å². The summed E-state index contributed by atoms with van der Waals surface area (Å²) in [7, 11) is 1.22. The molecular weight excluding hydrogens is 518 g/mol. The molecule has 2 aromatic carbocycles. The van der Waals surface area contributed by atoms with E-state index in [-0.39, 0.29) is 25.7 Å². The van der Waals surface area contributed by atoms with Crippen LogP contribution in [-0.2, 0) is 51.2 Å². The van der Waals surface area contributed by atoms with Crippen LogP contribution in [0.1, 0.15) is 18.1 Å². The van der Waals surface area contributed by atoms with Gasteiger partial charge in [-0.25, -0.2) is 4.79 Å². The molecular formula is C26H30ClN3O8. The molecule has 0 bridgehead atoms. The van der Waals surface area contributed by atoms with Crippen LogP contribution in [0.15, 0.2) is 65.8 Å². The summed E-state index contributed by atoms with van der Waals surface area (Å²) in [5, 5.41) is 3.89. The molecule has 1 fully saturated rings. The predicted octanol–water partition coefficient (Wildman–Crippen LogP) is 3.92. The average molecular weight is 548 g/mol. The van der Waals surface area contributed by atoms with Crippen molar-refractivity contribution in [2.45, 2.75) is 56.9 Å². The van der Waals surface area contributed by atoms with E-state index in [0.717, 1.165) is 11.1 Å². The van der Waals surface area contributed by atoms with E-state index in [2.05, 4.69) is 10.0 Å². The van der Waals surface area contributed by atoms with Crippen molar-refractivity contribution < 1.29 is 38.0 Å². The van der Waals surface area contributed by atoms with Crippen LogP contribution in [0, 0.1) is 0 Å². The van der Waals surface area contributed by atoms with Crippen LogP contribution in [0.3, 0.4) is 0 Å². The van der Waals surface area contributed by atoms with Crippen LogP contribution < -0.4 is 0 Å². The molecule has 1 aliphatic heterocycles. The number of rotatable bonds is 13. The first-order chi connectivity index (χ1) is 18.5. The first-order valence-corrected chi connectivity index (χ1v) is 12.5. The lowest BCUT2D eigenvalue weighted by Crippen LogP contribution is -2.61. The molecule has 0 aliphatic carbocycles. The molecule has 12 heteroatoms. The number of halogens is 1. The number of methoxy groups -OCH3 is 1. The Morgan fingerprint density at radius 1 is 1.03 bits per heavy atom. The van der Waals surface area contributed by atoms with Gasteiger partial charge in [0.25, 0.3) is 0 Å². The van der Waals surface area contributed by atoms with Gasteiger partial charge in [0.2, 0.25) is 0 Å². The summed E-state index contributed by atoms with van der Waals surface area (Å²) in [5.41, 5.74) is 11.1. The number of benzene rings is 2. The molecule has 0 saturated carbocycles. The first kappa shape index (κ1) is 29.4. The Morgan fingerprint density at radius 3 is 2.13 bits per heavy atom. The third-order valence-electron chi connectivity index (χ3n) is 5.76. The van der Waals surface area contributed by atoms with Crippen LogP contribution in [0.5, 0.6) is 0 Å². The lowest BCUT2D eigenvalue weighted by Gasteiger charge is -2.44. The minimum atomic E-state index is -1.24. The summed E-state index contributed by atoms with van der Waals surface area (Å²) in [6.07, 6.45) is -4.96. The van der Waals surface area contributed by atoms with E-state index in [0.29, 0.717) is 0 Å². The number of hydrogen-bond acceptors (Lipinski definition) is 9. The van der Waals surface area contributed by atoms with Crippen LogP contribution in [0.4, 0.5) is 0 Å². The summed E-state index contributed by atoms with van der Waals surface area (Å²) in [4.78, 5) is 26.9. The summed E-state index contributed by atoms with van der Waals surface area (Å²) in [6.45, 7) is 1.56. The van der Waals surface area contributed by atoms with Gasteiger partial charge in [-0.3, -0.25) is 4.79 Å². The number of nitrogens with zero attached hydrogens (tertiary/aromatic N) is 3. The van der Waals surface area contributed by atoms with Crippen LogP contribution >= 0.6 is 11.6 Å². The lowest BCUT2D eigenvalue weighted by molar-refractivity contribution is -0.292. The number of ether oxygens (including phenoxy) is 6. The second-order valence-corrected chi connectivity index (χ2v) is 8.65. The third-order valence-corrected chi connectivity index (χ3v) is 5.98. The van der Waals surface area contributed by atoms with E-state index in [1.54, 1.807) is 0 Å². The largest absolute Gasteiger partial charge is 0.467 e. The van der Waals surface area contributed by atoms with E-state index in [1.807, 2.05) is 60.7 Å². The Morgan fingerprint density at radius 2 is 1.61 bits per heavy atom. The Balaban J connectivity index is 1.94. The highest BCUT2D eigenvalue weighted by Crippen LogP contribution is 2.31. The Kier molecular flexibility index (Phi) is 11.8. The minimum Gasteiger partial charge on any atom is -0.467 e. The molecule has 3 rings (SSSR count). The highest BCUT2D eigenvalue weighted by atomic mass is 35.5. The van der Waals surface area contributed by atoms with Crippen LogP contribution in [0.2, 0.25) is 0 Å². The molecule has 6 atom stereocenters. The molecule has 0 amide bonds. The van der Waals surface area contributed by atoms with Crippen LogP contribution in [-0.4, -0.2) is 68.3 Å². The topological polar surface area (TPSA) is 138 Å². The molecule has 1 unspecified atom stereocenters. The van der Waals surface area contributed by atoms with Gasteiger partial charge in [0.15, 0.2) is 12.4 Å². The average Bonchev–Trinajstić information content (AvgIpc) is 2.95. The molecule has 11 nitrogen and oxygen atoms in total. The fourth-order valence-electron chi connectivity index (χ4n) is 3.88. The SMILES string of the molecule is COC(=O)[C@H](C)OC1O[C@H](COC(=O)CCl)[C@@H](OCc2ccccc2)[C@H](OCc2ccccc2)[C@H]1N=[N+]=[N-]. The Labute approximate surface area is 225 Å². The first-order valence-electron chi connectivity index (χ1n) is 11.9. The van der Waals surface area contributed by atoms with Gasteiger partial charge in [0.05, 0.1) is 20.3 Å². The summed E-state index contributed by atoms with van der Waals surface area (Å²) < 4.78 is 34.4. The molecule has 0 radical (unpaired) electrons. The number of carbonyl (C=O) groups is 2. The van der Waals surface area contributed by atoms with E-state index < -0.39 is 48.7 Å². The molecule has 0 spiro atoms. The van der Waals surface area contributed by atoms with E-state index in [1.165, 1.54) is 14.0 Å². The maximum Gasteiger partial charge on any atom is 0.334 e. The van der Waals surface area contributed by atoms with Gasteiger partial charge < -0.3 is 28.4 Å². The summed E-state index contributed by atoms with van der Waals surface area (Å²) >= 11 is 5.60. The van der Waals surface area contributed by atoms with Crippen molar-refractivity contribution in [3.63, 3.8) is 0 Å². The predicted molar refractivity (Wildman–Crippen MR) is 136 cm³/mol. The standard InChI is InChI=1S/C26H30ClN3O8/c1-17(25(32)33-2)37-26-22(29-30-28)24(36-15-19-11-7-4-8-12-19)23(20(38-26)16-34-21(31)13-27)35-14-18-9-5-3-6-10-18/h3-12,17,20,22-24,26H,13-16H2,1-2H3/t17-,20+,22+,23+,24+,26?/m0/s1. The van der Waals surface area contributed by atoms with Gasteiger partial charge in [0.1, 0.15) is 36.8 Å². The fraction of sp³-hybridized carbons (Fsp3) is 0.462. The van der Waals surface area contributed by atoms with Gasteiger partial charge >= 0.3 is 11.9 Å². The van der Waals surface area contributed by atoms with Gasteiger partial charge in [-0.2, -0.15) is 0 Å². The zero-order valence-electron chi connectivity index (χ0n) is 21.1. The zero-order valence-corrected chi connectivity index (χ0v) is 21.8. The molecule has 0 aromatic heterocycles. The van der Waals surface area contributed by atoms with Gasteiger partial charge in [-0.05, 0) is 23.6 Å². The van der Waals surface area contributed by atoms with Crippen molar-refractivity contribution in [2.75, 3.05) is 19.6 Å². The molecule has 2 aromatic rings. The maximum atomic E-state index is 12.1. The summed E-state index contributed by atoms with van der Waals surface area (Å²) in [6, 6.07) is 17.7. The van der Waals surface area contributed by atoms with Crippen molar-refractivity contribution in [3.8, 4) is 0 Å². The zero-order chi connectivity index (χ0) is 27.3. The van der Waals surface area contributed by atoms with Crippen molar-refractivity contribution in [1.29, 1.82) is 0 Å². The highest BCUT2D eigenvalue weighted by Gasteiger charge is 2.49. The van der Waals surface area contributed by atoms with Crippen molar-refractivity contribution >= 4 is 23.5 Å². The quantitative estimate of drug-likeness (QED) is 0.121. The maximum absolute atomic E-state index is 12.1. The molecule has 0 N–H and O–H groups in total. The van der Waals surface area contributed by atoms with Gasteiger partial charge in [-0.1, -0.05) is 65.8 Å². The molecule has 1 aliphatic rings. The number of azide groups is 1. The lowest BCUT2D eigenvalue weighted by atomic mass is 9.96. The van der Waals surface area contributed by atoms with Gasteiger partial charge in [0, 0.05) is 4.91 Å². The number of alkyl halides is 1. The normalized spacial score (nSPS) is 23.6. The molecule has 38 heavy (non-hydrogen) atoms. The highest BCUT2D eigenvalue weighted by molar-refractivity contribution is 6.26. The van der Waals surface area contributed by atoms with E-state index >= 15 is 0 Å². The molecule has 1 heterocycles. The molecule has 1 saturated heterocycles. The monoisotopic (exact) mass is 547 g/mol. The second kappa shape index (κ2) is 15.3. The van der Waals surface area contributed by atoms with Crippen molar-refractivity contribution in [3.05, 3.63) is 82.2 Å².